The molecule has 3 nitrogen and oxygen atoms in total. The van der Waals surface area contributed by atoms with E-state index >= 15 is 0 Å². The highest BCUT2D eigenvalue weighted by molar-refractivity contribution is 8.13. The summed E-state index contributed by atoms with van der Waals surface area (Å²) in [5.74, 6) is 0.307. The molecule has 23 heavy (non-hydrogen) atoms. The summed E-state index contributed by atoms with van der Waals surface area (Å²) in [7, 11) is 1.47. The minimum absolute atomic E-state index is 0.277. The van der Waals surface area contributed by atoms with E-state index in [-0.39, 0.29) is 11.1 Å². The molecule has 1 aromatic rings. The SMILES string of the molecule is CN(C(=O)SCCCCCCC=C(F)F)C(=O)c1ccccc1. The van der Waals surface area contributed by atoms with Crippen LogP contribution in [0.3, 0.4) is 0 Å². The monoisotopic (exact) mass is 341 g/mol. The van der Waals surface area contributed by atoms with Crippen LogP contribution in [0.5, 0.6) is 0 Å². The van der Waals surface area contributed by atoms with Gasteiger partial charge in [0.1, 0.15) is 0 Å². The van der Waals surface area contributed by atoms with E-state index in [9.17, 15) is 18.4 Å². The number of rotatable bonds is 8. The van der Waals surface area contributed by atoms with Gasteiger partial charge in [0.2, 0.25) is 0 Å². The topological polar surface area (TPSA) is 37.4 Å². The van der Waals surface area contributed by atoms with Crippen LogP contribution in [0.15, 0.2) is 42.5 Å². The number of nitrogens with zero attached hydrogens (tertiary/aromatic N) is 1. The third-order valence-electron chi connectivity index (χ3n) is 3.22. The Bertz CT molecular complexity index is 531. The van der Waals surface area contributed by atoms with Gasteiger partial charge < -0.3 is 0 Å². The van der Waals surface area contributed by atoms with Crippen molar-refractivity contribution in [3.05, 3.63) is 48.1 Å². The zero-order valence-corrected chi connectivity index (χ0v) is 14.0. The van der Waals surface area contributed by atoms with Crippen LogP contribution in [0.2, 0.25) is 0 Å². The molecule has 0 saturated carbocycles. The van der Waals surface area contributed by atoms with Crippen molar-refractivity contribution < 1.29 is 18.4 Å². The second-order valence-corrected chi connectivity index (χ2v) is 6.09. The van der Waals surface area contributed by atoms with Gasteiger partial charge in [-0.05, 0) is 37.5 Å². The number of thioether (sulfide) groups is 1. The number of amides is 2. The van der Waals surface area contributed by atoms with Crippen molar-refractivity contribution in [3.63, 3.8) is 0 Å². The summed E-state index contributed by atoms with van der Waals surface area (Å²) in [5.41, 5.74) is 0.483. The van der Waals surface area contributed by atoms with Crippen LogP contribution in [0.4, 0.5) is 13.6 Å². The van der Waals surface area contributed by atoms with Gasteiger partial charge in [0, 0.05) is 18.4 Å². The number of halogens is 2. The van der Waals surface area contributed by atoms with Crippen molar-refractivity contribution in [2.45, 2.75) is 32.1 Å². The van der Waals surface area contributed by atoms with E-state index in [0.717, 1.165) is 48.4 Å². The van der Waals surface area contributed by atoms with Gasteiger partial charge in [0.25, 0.3) is 17.2 Å². The van der Waals surface area contributed by atoms with Crippen molar-refractivity contribution in [1.29, 1.82) is 0 Å². The van der Waals surface area contributed by atoms with Crippen LogP contribution < -0.4 is 0 Å². The van der Waals surface area contributed by atoms with Gasteiger partial charge in [-0.25, -0.2) is 0 Å². The number of allylic oxidation sites excluding steroid dienone is 1. The molecule has 0 atom stereocenters. The molecule has 0 bridgehead atoms. The molecule has 0 aromatic heterocycles. The normalized spacial score (nSPS) is 10.2. The van der Waals surface area contributed by atoms with Crippen molar-refractivity contribution in [2.75, 3.05) is 12.8 Å². The summed E-state index contributed by atoms with van der Waals surface area (Å²) in [5, 5.41) is -0.277. The third kappa shape index (κ3) is 7.93. The summed E-state index contributed by atoms with van der Waals surface area (Å²) in [6, 6.07) is 8.66. The lowest BCUT2D eigenvalue weighted by atomic mass is 10.1. The van der Waals surface area contributed by atoms with Gasteiger partial charge in [-0.2, -0.15) is 8.78 Å². The number of imide groups is 1. The Kier molecular flexibility index (Phi) is 9.21. The fourth-order valence-electron chi connectivity index (χ4n) is 1.92. The predicted octanol–water partition coefficient (Wildman–Crippen LogP) is 5.34. The molecule has 0 radical (unpaired) electrons. The molecule has 0 N–H and O–H groups in total. The molecule has 0 aliphatic rings. The van der Waals surface area contributed by atoms with Crippen LogP contribution in [0, 0.1) is 0 Å². The summed E-state index contributed by atoms with van der Waals surface area (Å²) < 4.78 is 23.6. The number of unbranched alkanes of at least 4 members (excludes halogenated alkanes) is 4. The van der Waals surface area contributed by atoms with Crippen molar-refractivity contribution >= 4 is 22.9 Å². The fourth-order valence-corrected chi connectivity index (χ4v) is 2.72. The quantitative estimate of drug-likeness (QED) is 0.599. The average molecular weight is 341 g/mol. The first kappa shape index (κ1) is 19.4. The Balaban J connectivity index is 2.18. The maximum absolute atomic E-state index is 12.1. The van der Waals surface area contributed by atoms with E-state index in [4.69, 9.17) is 0 Å². The molecule has 0 saturated heterocycles. The smallest absolute Gasteiger partial charge is 0.272 e. The van der Waals surface area contributed by atoms with Gasteiger partial charge in [-0.1, -0.05) is 42.8 Å². The average Bonchev–Trinajstić information content (AvgIpc) is 2.56. The van der Waals surface area contributed by atoms with Crippen molar-refractivity contribution in [2.24, 2.45) is 0 Å². The first-order valence-corrected chi connectivity index (χ1v) is 8.52. The number of benzene rings is 1. The van der Waals surface area contributed by atoms with Gasteiger partial charge in [0.15, 0.2) is 0 Å². The zero-order valence-electron chi connectivity index (χ0n) is 13.1. The standard InChI is InChI=1S/C17H21F2NO2S/c1-20(16(21)14-10-6-5-7-11-14)17(22)23-13-9-4-2-3-8-12-15(18)19/h5-7,10-12H,2-4,8-9,13H2,1H3. The molecule has 0 spiro atoms. The lowest BCUT2D eigenvalue weighted by Crippen LogP contribution is -2.30. The first-order chi connectivity index (χ1) is 11.0. The van der Waals surface area contributed by atoms with Gasteiger partial charge in [-0.3, -0.25) is 14.5 Å². The predicted molar refractivity (Wildman–Crippen MR) is 89.8 cm³/mol. The van der Waals surface area contributed by atoms with Gasteiger partial charge in [-0.15, -0.1) is 0 Å². The largest absolute Gasteiger partial charge is 0.288 e. The van der Waals surface area contributed by atoms with E-state index in [0.29, 0.717) is 17.7 Å². The lowest BCUT2D eigenvalue weighted by Gasteiger charge is -2.14. The molecule has 0 unspecified atom stereocenters. The van der Waals surface area contributed by atoms with Crippen LogP contribution in [0.1, 0.15) is 42.5 Å². The third-order valence-corrected chi connectivity index (χ3v) is 4.24. The Morgan fingerprint density at radius 3 is 2.39 bits per heavy atom. The molecule has 0 aliphatic carbocycles. The van der Waals surface area contributed by atoms with Gasteiger partial charge >= 0.3 is 0 Å². The molecule has 6 heteroatoms. The maximum atomic E-state index is 12.1. The second kappa shape index (κ2) is 10.9. The highest BCUT2D eigenvalue weighted by Gasteiger charge is 2.18. The molecular weight excluding hydrogens is 320 g/mol. The van der Waals surface area contributed by atoms with Crippen LogP contribution in [-0.4, -0.2) is 28.8 Å². The van der Waals surface area contributed by atoms with E-state index in [1.807, 2.05) is 6.07 Å². The van der Waals surface area contributed by atoms with Crippen molar-refractivity contribution in [1.82, 2.24) is 4.90 Å². The van der Waals surface area contributed by atoms with E-state index in [1.54, 1.807) is 24.3 Å². The fraction of sp³-hybridized carbons (Fsp3) is 0.412. The first-order valence-electron chi connectivity index (χ1n) is 7.53. The molecule has 1 aromatic carbocycles. The number of hydrogen-bond acceptors (Lipinski definition) is 3. The van der Waals surface area contributed by atoms with E-state index in [1.165, 1.54) is 7.05 Å². The number of carbonyl (C=O) groups excluding carboxylic acids is 2. The summed E-state index contributed by atoms with van der Waals surface area (Å²) in [4.78, 5) is 25.1. The Hall–Kier alpha value is -1.69. The van der Waals surface area contributed by atoms with E-state index in [2.05, 4.69) is 0 Å². The second-order valence-electron chi connectivity index (χ2n) is 5.04. The molecule has 0 aliphatic heterocycles. The Labute approximate surface area is 139 Å². The van der Waals surface area contributed by atoms with Gasteiger partial charge in [0.05, 0.1) is 0 Å². The zero-order chi connectivity index (χ0) is 17.1. The molecular formula is C17H21F2NO2S. The minimum Gasteiger partial charge on any atom is -0.272 e. The summed E-state index contributed by atoms with van der Waals surface area (Å²) in [6.07, 6.45) is 2.99. The summed E-state index contributed by atoms with van der Waals surface area (Å²) in [6.45, 7) is 0. The molecule has 0 fully saturated rings. The molecule has 2 amide bonds. The van der Waals surface area contributed by atoms with Crippen LogP contribution >= 0.6 is 11.8 Å². The minimum atomic E-state index is -1.63. The highest BCUT2D eigenvalue weighted by Crippen LogP contribution is 2.15. The molecule has 126 valence electrons. The molecule has 0 heterocycles. The van der Waals surface area contributed by atoms with Crippen LogP contribution in [-0.2, 0) is 0 Å². The lowest BCUT2D eigenvalue weighted by molar-refractivity contribution is 0.0848. The van der Waals surface area contributed by atoms with Crippen molar-refractivity contribution in [3.8, 4) is 0 Å². The Morgan fingerprint density at radius 2 is 1.74 bits per heavy atom. The number of carbonyl (C=O) groups is 2. The Morgan fingerprint density at radius 1 is 1.09 bits per heavy atom. The maximum Gasteiger partial charge on any atom is 0.288 e. The highest BCUT2D eigenvalue weighted by atomic mass is 32.2. The summed E-state index contributed by atoms with van der Waals surface area (Å²) >= 11 is 1.11. The van der Waals surface area contributed by atoms with E-state index < -0.39 is 6.08 Å². The molecule has 1 rings (SSSR count). The van der Waals surface area contributed by atoms with Crippen LogP contribution in [0.25, 0.3) is 0 Å². The number of hydrogen-bond donors (Lipinski definition) is 0.